The number of amides is 1. The second-order valence-corrected chi connectivity index (χ2v) is 7.89. The topological polar surface area (TPSA) is 90.9 Å². The minimum atomic E-state index is -0.0863. The summed E-state index contributed by atoms with van der Waals surface area (Å²) in [4.78, 5) is 23.6. The molecule has 1 aromatic heterocycles. The Morgan fingerprint density at radius 2 is 1.90 bits per heavy atom. The third kappa shape index (κ3) is 6.51. The van der Waals surface area contributed by atoms with Gasteiger partial charge in [-0.1, -0.05) is 24.3 Å². The van der Waals surface area contributed by atoms with Crippen LogP contribution in [-0.2, 0) is 17.8 Å². The number of carbonyl (C=O) groups is 1. The van der Waals surface area contributed by atoms with E-state index in [1.165, 1.54) is 22.5 Å². The second-order valence-electron chi connectivity index (χ2n) is 7.03. The standard InChI is InChI=1S/C21H30N6O2S/c1-16-19(30-15-26-16)20(28)23-7-8-24-21(22-2)25-13-17-5-3-4-6-18(17)14-27-9-11-29-12-10-27/h3-6,15H,7-14H2,1-2H3,(H,23,28)(H2,22,24,25). The molecule has 0 aliphatic carbocycles. The summed E-state index contributed by atoms with van der Waals surface area (Å²) in [6.45, 7) is 8.08. The lowest BCUT2D eigenvalue weighted by Crippen LogP contribution is -2.41. The highest BCUT2D eigenvalue weighted by molar-refractivity contribution is 7.11. The number of thiazole rings is 1. The lowest BCUT2D eigenvalue weighted by atomic mass is 10.1. The number of carbonyl (C=O) groups excluding carboxylic acids is 1. The number of hydrogen-bond acceptors (Lipinski definition) is 6. The molecule has 1 aliphatic rings. The van der Waals surface area contributed by atoms with Crippen LogP contribution in [0.1, 0.15) is 26.5 Å². The molecule has 2 aromatic rings. The van der Waals surface area contributed by atoms with Crippen LogP contribution < -0.4 is 16.0 Å². The van der Waals surface area contributed by atoms with Gasteiger partial charge in [-0.15, -0.1) is 11.3 Å². The summed E-state index contributed by atoms with van der Waals surface area (Å²) >= 11 is 1.36. The Labute approximate surface area is 181 Å². The van der Waals surface area contributed by atoms with Gasteiger partial charge in [-0.05, 0) is 18.1 Å². The van der Waals surface area contributed by atoms with Crippen molar-refractivity contribution in [3.05, 3.63) is 51.5 Å². The monoisotopic (exact) mass is 430 g/mol. The van der Waals surface area contributed by atoms with E-state index in [2.05, 4.69) is 55.1 Å². The quantitative estimate of drug-likeness (QED) is 0.333. The van der Waals surface area contributed by atoms with Gasteiger partial charge < -0.3 is 20.7 Å². The smallest absolute Gasteiger partial charge is 0.263 e. The van der Waals surface area contributed by atoms with Crippen molar-refractivity contribution in [3.63, 3.8) is 0 Å². The van der Waals surface area contributed by atoms with Gasteiger partial charge >= 0.3 is 0 Å². The Kier molecular flexibility index (Phi) is 8.61. The third-order valence-corrected chi connectivity index (χ3v) is 5.87. The molecule has 0 spiro atoms. The third-order valence-electron chi connectivity index (χ3n) is 4.94. The largest absolute Gasteiger partial charge is 0.379 e. The summed E-state index contributed by atoms with van der Waals surface area (Å²) in [6, 6.07) is 8.47. The summed E-state index contributed by atoms with van der Waals surface area (Å²) in [7, 11) is 1.74. The highest BCUT2D eigenvalue weighted by atomic mass is 32.1. The zero-order chi connectivity index (χ0) is 21.2. The summed E-state index contributed by atoms with van der Waals surface area (Å²) in [6.07, 6.45) is 0. The van der Waals surface area contributed by atoms with Crippen molar-refractivity contribution in [3.8, 4) is 0 Å². The maximum absolute atomic E-state index is 12.1. The molecular weight excluding hydrogens is 400 g/mol. The Morgan fingerprint density at radius 1 is 1.17 bits per heavy atom. The van der Waals surface area contributed by atoms with Crippen molar-refractivity contribution in [2.75, 3.05) is 46.4 Å². The van der Waals surface area contributed by atoms with Crippen molar-refractivity contribution in [1.29, 1.82) is 0 Å². The molecule has 8 nitrogen and oxygen atoms in total. The number of rotatable bonds is 8. The van der Waals surface area contributed by atoms with Crippen molar-refractivity contribution in [1.82, 2.24) is 25.8 Å². The van der Waals surface area contributed by atoms with Gasteiger partial charge in [-0.2, -0.15) is 0 Å². The van der Waals surface area contributed by atoms with E-state index in [4.69, 9.17) is 4.74 Å². The normalized spacial score (nSPS) is 15.1. The Hall–Kier alpha value is -2.49. The van der Waals surface area contributed by atoms with Gasteiger partial charge in [-0.3, -0.25) is 14.7 Å². The minimum Gasteiger partial charge on any atom is -0.379 e. The number of nitrogens with zero attached hydrogens (tertiary/aromatic N) is 3. The maximum Gasteiger partial charge on any atom is 0.263 e. The van der Waals surface area contributed by atoms with E-state index in [1.54, 1.807) is 12.6 Å². The van der Waals surface area contributed by atoms with Gasteiger partial charge in [0, 0.05) is 46.3 Å². The maximum atomic E-state index is 12.1. The zero-order valence-electron chi connectivity index (χ0n) is 17.6. The van der Waals surface area contributed by atoms with E-state index in [1.807, 2.05) is 6.92 Å². The molecular formula is C21H30N6O2S. The lowest BCUT2D eigenvalue weighted by molar-refractivity contribution is 0.0341. The van der Waals surface area contributed by atoms with Crippen LogP contribution in [0.25, 0.3) is 0 Å². The summed E-state index contributed by atoms with van der Waals surface area (Å²) < 4.78 is 5.44. The van der Waals surface area contributed by atoms with Crippen LogP contribution in [0.4, 0.5) is 0 Å². The van der Waals surface area contributed by atoms with E-state index in [9.17, 15) is 4.79 Å². The molecule has 162 valence electrons. The molecule has 3 rings (SSSR count). The number of aliphatic imine (C=N–C) groups is 1. The van der Waals surface area contributed by atoms with Gasteiger partial charge in [0.25, 0.3) is 5.91 Å². The van der Waals surface area contributed by atoms with E-state index in [0.29, 0.717) is 30.5 Å². The molecule has 0 atom stereocenters. The van der Waals surface area contributed by atoms with E-state index >= 15 is 0 Å². The molecule has 0 unspecified atom stereocenters. The fourth-order valence-corrected chi connectivity index (χ4v) is 3.96. The van der Waals surface area contributed by atoms with Gasteiger partial charge in [0.1, 0.15) is 4.88 Å². The van der Waals surface area contributed by atoms with Crippen LogP contribution in [-0.4, -0.2) is 68.2 Å². The number of aryl methyl sites for hydroxylation is 1. The summed E-state index contributed by atoms with van der Waals surface area (Å²) in [5.41, 5.74) is 5.01. The van der Waals surface area contributed by atoms with Crippen LogP contribution >= 0.6 is 11.3 Å². The van der Waals surface area contributed by atoms with Crippen LogP contribution in [0.15, 0.2) is 34.8 Å². The van der Waals surface area contributed by atoms with Gasteiger partial charge in [-0.25, -0.2) is 4.98 Å². The van der Waals surface area contributed by atoms with Gasteiger partial charge in [0.05, 0.1) is 24.4 Å². The molecule has 1 aliphatic heterocycles. The first-order valence-corrected chi connectivity index (χ1v) is 11.0. The number of nitrogens with one attached hydrogen (secondary N) is 3. The molecule has 0 saturated carbocycles. The fraction of sp³-hybridized carbons (Fsp3) is 0.476. The van der Waals surface area contributed by atoms with E-state index in [0.717, 1.165) is 38.5 Å². The Bertz CT molecular complexity index is 848. The van der Waals surface area contributed by atoms with Crippen molar-refractivity contribution in [2.45, 2.75) is 20.0 Å². The first-order valence-electron chi connectivity index (χ1n) is 10.2. The molecule has 1 saturated heterocycles. The average Bonchev–Trinajstić information content (AvgIpc) is 3.21. The van der Waals surface area contributed by atoms with Crippen molar-refractivity contribution < 1.29 is 9.53 Å². The van der Waals surface area contributed by atoms with E-state index in [-0.39, 0.29) is 5.91 Å². The van der Waals surface area contributed by atoms with Crippen LogP contribution in [0.3, 0.4) is 0 Å². The first kappa shape index (κ1) is 22.2. The molecule has 2 heterocycles. The molecule has 1 amide bonds. The number of benzene rings is 1. The summed E-state index contributed by atoms with van der Waals surface area (Å²) in [5, 5.41) is 9.51. The number of morpholine rings is 1. The predicted octanol–water partition coefficient (Wildman–Crippen LogP) is 1.38. The Morgan fingerprint density at radius 3 is 2.60 bits per heavy atom. The van der Waals surface area contributed by atoms with Gasteiger partial charge in [0.15, 0.2) is 5.96 Å². The minimum absolute atomic E-state index is 0.0863. The molecule has 0 bridgehead atoms. The molecule has 3 N–H and O–H groups in total. The predicted molar refractivity (Wildman–Crippen MR) is 120 cm³/mol. The van der Waals surface area contributed by atoms with Crippen LogP contribution in [0.5, 0.6) is 0 Å². The molecule has 30 heavy (non-hydrogen) atoms. The van der Waals surface area contributed by atoms with Crippen LogP contribution in [0, 0.1) is 6.92 Å². The lowest BCUT2D eigenvalue weighted by Gasteiger charge is -2.27. The number of ether oxygens (including phenoxy) is 1. The first-order chi connectivity index (χ1) is 14.7. The van der Waals surface area contributed by atoms with Crippen LogP contribution in [0.2, 0.25) is 0 Å². The molecule has 9 heteroatoms. The molecule has 1 aromatic carbocycles. The highest BCUT2D eigenvalue weighted by Crippen LogP contribution is 2.13. The second kappa shape index (κ2) is 11.6. The number of hydrogen-bond donors (Lipinski definition) is 3. The zero-order valence-corrected chi connectivity index (χ0v) is 18.4. The van der Waals surface area contributed by atoms with E-state index < -0.39 is 0 Å². The molecule has 0 radical (unpaired) electrons. The highest BCUT2D eigenvalue weighted by Gasteiger charge is 2.13. The molecule has 1 fully saturated rings. The van der Waals surface area contributed by atoms with Crippen molar-refractivity contribution in [2.24, 2.45) is 4.99 Å². The Balaban J connectivity index is 1.43. The summed E-state index contributed by atoms with van der Waals surface area (Å²) in [5.74, 6) is 0.621. The van der Waals surface area contributed by atoms with Crippen molar-refractivity contribution >= 4 is 23.2 Å². The van der Waals surface area contributed by atoms with Gasteiger partial charge in [0.2, 0.25) is 0 Å². The number of guanidine groups is 1. The average molecular weight is 431 g/mol. The SMILES string of the molecule is CN=C(NCCNC(=O)c1scnc1C)NCc1ccccc1CN1CCOCC1. The number of aromatic nitrogens is 1. The fourth-order valence-electron chi connectivity index (χ4n) is 3.24.